The van der Waals surface area contributed by atoms with E-state index in [-0.39, 0.29) is 12.0 Å². The summed E-state index contributed by atoms with van der Waals surface area (Å²) in [6, 6.07) is 1.77. The third-order valence-corrected chi connectivity index (χ3v) is 5.71. The summed E-state index contributed by atoms with van der Waals surface area (Å²) in [5.41, 5.74) is 3.03. The Hall–Kier alpha value is -3.53. The van der Waals surface area contributed by atoms with Crippen molar-refractivity contribution < 1.29 is 14.3 Å². The summed E-state index contributed by atoms with van der Waals surface area (Å²) in [6.07, 6.45) is 12.7. The number of nitrogens with one attached hydrogen (secondary N) is 1. The molecule has 0 atom stereocenters. The van der Waals surface area contributed by atoms with Crippen molar-refractivity contribution in [3.63, 3.8) is 0 Å². The molecule has 33 heavy (non-hydrogen) atoms. The van der Waals surface area contributed by atoms with Crippen LogP contribution in [0.4, 0.5) is 5.69 Å². The molecular formula is C23H27N7O3. The first kappa shape index (κ1) is 21.3. The van der Waals surface area contributed by atoms with Gasteiger partial charge in [-0.25, -0.2) is 9.50 Å². The monoisotopic (exact) mass is 449 g/mol. The van der Waals surface area contributed by atoms with Gasteiger partial charge in [0.05, 0.1) is 6.20 Å². The fraction of sp³-hybridized carbons (Fsp3) is 0.435. The molecule has 0 spiro atoms. The van der Waals surface area contributed by atoms with Gasteiger partial charge in [0.2, 0.25) is 5.88 Å². The van der Waals surface area contributed by atoms with Gasteiger partial charge in [0.1, 0.15) is 17.4 Å². The summed E-state index contributed by atoms with van der Waals surface area (Å²) in [5.74, 6) is -0.00136. The van der Waals surface area contributed by atoms with E-state index in [0.717, 1.165) is 43.4 Å². The van der Waals surface area contributed by atoms with Crippen molar-refractivity contribution in [3.8, 4) is 5.88 Å². The maximum absolute atomic E-state index is 13.1. The number of pyridine rings is 1. The fourth-order valence-corrected chi connectivity index (χ4v) is 3.71. The van der Waals surface area contributed by atoms with Crippen LogP contribution in [-0.4, -0.2) is 54.6 Å². The number of rotatable bonds is 4. The standard InChI is InChI=1S/C19H19N7O2.C4H8O/c1-11-7-20-17-15(8-21-26(17)9-11)22-18(27)14-6-12-10-25(2)24-16(12)23-19(14)28-13-4-3-5-13;1-2-4-5-3-1/h6-10,13H,3-5H2,1-2H3,(H,22,27);1-4H2. The van der Waals surface area contributed by atoms with Gasteiger partial charge in [-0.2, -0.15) is 15.2 Å². The van der Waals surface area contributed by atoms with Gasteiger partial charge in [0.15, 0.2) is 11.3 Å². The Morgan fingerprint density at radius 1 is 1.18 bits per heavy atom. The molecule has 10 nitrogen and oxygen atoms in total. The molecule has 4 aromatic heterocycles. The van der Waals surface area contributed by atoms with E-state index in [0.29, 0.717) is 28.4 Å². The first-order chi connectivity index (χ1) is 16.1. The number of aryl methyl sites for hydroxylation is 2. The molecule has 6 rings (SSSR count). The zero-order valence-electron chi connectivity index (χ0n) is 18.8. The molecule has 0 unspecified atom stereocenters. The predicted molar refractivity (Wildman–Crippen MR) is 123 cm³/mol. The molecule has 1 amide bonds. The summed E-state index contributed by atoms with van der Waals surface area (Å²) in [7, 11) is 1.82. The van der Waals surface area contributed by atoms with Crippen LogP contribution in [0.2, 0.25) is 0 Å². The third-order valence-electron chi connectivity index (χ3n) is 5.71. The minimum Gasteiger partial charge on any atom is -0.474 e. The van der Waals surface area contributed by atoms with E-state index >= 15 is 0 Å². The quantitative estimate of drug-likeness (QED) is 0.509. The van der Waals surface area contributed by atoms with Crippen molar-refractivity contribution in [2.75, 3.05) is 18.5 Å². The summed E-state index contributed by atoms with van der Waals surface area (Å²) in [6.45, 7) is 3.94. The number of aromatic nitrogens is 6. The molecule has 1 aliphatic carbocycles. The Morgan fingerprint density at radius 3 is 2.70 bits per heavy atom. The van der Waals surface area contributed by atoms with E-state index < -0.39 is 0 Å². The van der Waals surface area contributed by atoms with Gasteiger partial charge in [0.25, 0.3) is 5.91 Å². The molecular weight excluding hydrogens is 422 g/mol. The van der Waals surface area contributed by atoms with Crippen LogP contribution in [-0.2, 0) is 11.8 Å². The molecule has 1 N–H and O–H groups in total. The van der Waals surface area contributed by atoms with Crippen LogP contribution in [0.25, 0.3) is 16.7 Å². The fourth-order valence-electron chi connectivity index (χ4n) is 3.71. The van der Waals surface area contributed by atoms with Gasteiger partial charge in [0, 0.05) is 44.2 Å². The van der Waals surface area contributed by atoms with Crippen LogP contribution in [0.15, 0.2) is 30.9 Å². The zero-order chi connectivity index (χ0) is 22.8. The Bertz CT molecular complexity index is 1280. The van der Waals surface area contributed by atoms with Crippen molar-refractivity contribution in [2.45, 2.75) is 45.1 Å². The van der Waals surface area contributed by atoms with Gasteiger partial charge in [-0.3, -0.25) is 9.48 Å². The van der Waals surface area contributed by atoms with Crippen LogP contribution in [0.3, 0.4) is 0 Å². The van der Waals surface area contributed by atoms with Crippen molar-refractivity contribution >= 4 is 28.3 Å². The van der Waals surface area contributed by atoms with Crippen molar-refractivity contribution in [2.24, 2.45) is 7.05 Å². The SMILES string of the molecule is C1CCOC1.Cc1cnc2c(NC(=O)c3cc4cn(C)nc4nc3OC3CCC3)cnn2c1. The molecule has 4 aromatic rings. The highest BCUT2D eigenvalue weighted by Crippen LogP contribution is 2.29. The number of carbonyl (C=O) groups excluding carboxylic acids is 1. The smallest absolute Gasteiger partial charge is 0.261 e. The summed E-state index contributed by atoms with van der Waals surface area (Å²) >= 11 is 0. The molecule has 1 aliphatic heterocycles. The van der Waals surface area contributed by atoms with E-state index in [1.165, 1.54) is 12.8 Å². The van der Waals surface area contributed by atoms with E-state index in [9.17, 15) is 4.79 Å². The summed E-state index contributed by atoms with van der Waals surface area (Å²) in [4.78, 5) is 21.9. The number of nitrogens with zero attached hydrogens (tertiary/aromatic N) is 6. The molecule has 5 heterocycles. The third kappa shape index (κ3) is 4.65. The number of anilines is 1. The lowest BCUT2D eigenvalue weighted by Crippen LogP contribution is -2.26. The highest BCUT2D eigenvalue weighted by atomic mass is 16.5. The predicted octanol–water partition coefficient (Wildman–Crippen LogP) is 3.30. The van der Waals surface area contributed by atoms with Gasteiger partial charge < -0.3 is 14.8 Å². The van der Waals surface area contributed by atoms with Crippen molar-refractivity contribution in [1.29, 1.82) is 0 Å². The molecule has 2 aliphatic rings. The number of hydrogen-bond donors (Lipinski definition) is 1. The van der Waals surface area contributed by atoms with Crippen LogP contribution in [0.5, 0.6) is 5.88 Å². The first-order valence-electron chi connectivity index (χ1n) is 11.3. The number of amides is 1. The van der Waals surface area contributed by atoms with E-state index in [2.05, 4.69) is 25.5 Å². The van der Waals surface area contributed by atoms with Gasteiger partial charge in [-0.15, -0.1) is 0 Å². The lowest BCUT2D eigenvalue weighted by Gasteiger charge is -2.26. The van der Waals surface area contributed by atoms with Gasteiger partial charge >= 0.3 is 0 Å². The van der Waals surface area contributed by atoms with E-state index in [4.69, 9.17) is 9.47 Å². The minimum atomic E-state index is -0.315. The molecule has 1 saturated heterocycles. The molecule has 172 valence electrons. The second-order valence-corrected chi connectivity index (χ2v) is 8.46. The lowest BCUT2D eigenvalue weighted by atomic mass is 9.96. The molecule has 10 heteroatoms. The van der Waals surface area contributed by atoms with Gasteiger partial charge in [-0.05, 0) is 50.7 Å². The zero-order valence-corrected chi connectivity index (χ0v) is 18.8. The van der Waals surface area contributed by atoms with Crippen LogP contribution >= 0.6 is 0 Å². The number of hydrogen-bond acceptors (Lipinski definition) is 7. The van der Waals surface area contributed by atoms with Crippen molar-refractivity contribution in [3.05, 3.63) is 42.0 Å². The number of fused-ring (bicyclic) bond motifs is 2. The normalized spacial score (nSPS) is 15.8. The maximum atomic E-state index is 13.1. The molecule has 0 bridgehead atoms. The Balaban J connectivity index is 0.000000406. The van der Waals surface area contributed by atoms with E-state index in [1.807, 2.05) is 26.4 Å². The van der Waals surface area contributed by atoms with Crippen LogP contribution in [0.1, 0.15) is 48.0 Å². The maximum Gasteiger partial charge on any atom is 0.261 e. The average Bonchev–Trinajstić information content (AvgIpc) is 3.51. The minimum absolute atomic E-state index is 0.0989. The number of carbonyl (C=O) groups is 1. The molecule has 2 fully saturated rings. The lowest BCUT2D eigenvalue weighted by molar-refractivity contribution is 0.0981. The van der Waals surface area contributed by atoms with E-state index in [1.54, 1.807) is 27.7 Å². The van der Waals surface area contributed by atoms with Crippen molar-refractivity contribution in [1.82, 2.24) is 29.4 Å². The van der Waals surface area contributed by atoms with Crippen LogP contribution < -0.4 is 10.1 Å². The first-order valence-corrected chi connectivity index (χ1v) is 11.3. The van der Waals surface area contributed by atoms with Crippen LogP contribution in [0, 0.1) is 6.92 Å². The highest BCUT2D eigenvalue weighted by molar-refractivity contribution is 6.08. The molecule has 1 saturated carbocycles. The average molecular weight is 450 g/mol. The largest absolute Gasteiger partial charge is 0.474 e. The molecule has 0 aromatic carbocycles. The Morgan fingerprint density at radius 2 is 2.00 bits per heavy atom. The summed E-state index contributed by atoms with van der Waals surface area (Å²) in [5, 5.41) is 12.2. The summed E-state index contributed by atoms with van der Waals surface area (Å²) < 4.78 is 14.2. The molecule has 0 radical (unpaired) electrons. The number of ether oxygens (including phenoxy) is 2. The van der Waals surface area contributed by atoms with Gasteiger partial charge in [-0.1, -0.05) is 0 Å². The Kier molecular flexibility index (Phi) is 5.91. The highest BCUT2D eigenvalue weighted by Gasteiger charge is 2.25. The topological polar surface area (TPSA) is 108 Å². The second-order valence-electron chi connectivity index (χ2n) is 8.46. The second kappa shape index (κ2) is 9.14. The Labute approximate surface area is 190 Å².